The lowest BCUT2D eigenvalue weighted by atomic mass is 10.1. The van der Waals surface area contributed by atoms with Crippen LogP contribution in [-0.2, 0) is 10.9 Å². The number of alkyl halides is 6. The number of anilines is 1. The van der Waals surface area contributed by atoms with Crippen molar-refractivity contribution >= 4 is 5.82 Å². The van der Waals surface area contributed by atoms with Crippen LogP contribution in [0.4, 0.5) is 32.2 Å². The monoisotopic (exact) mass is 423 g/mol. The van der Waals surface area contributed by atoms with Crippen molar-refractivity contribution in [1.82, 2.24) is 4.98 Å². The third-order valence-corrected chi connectivity index (χ3v) is 4.14. The molecule has 1 aromatic rings. The van der Waals surface area contributed by atoms with Crippen molar-refractivity contribution in [1.29, 1.82) is 0 Å². The summed E-state index contributed by atoms with van der Waals surface area (Å²) in [5.41, 5.74) is 0.808. The summed E-state index contributed by atoms with van der Waals surface area (Å²) in [6.07, 6.45) is -4.13. The zero-order chi connectivity index (χ0) is 21.8. The van der Waals surface area contributed by atoms with E-state index < -0.39 is 41.3 Å². The Morgan fingerprint density at radius 2 is 2.03 bits per heavy atom. The fraction of sp³-hybridized carbons (Fsp3) is 0.389. The number of hydrazine groups is 1. The molecule has 160 valence electrons. The second kappa shape index (κ2) is 8.76. The van der Waals surface area contributed by atoms with E-state index in [4.69, 9.17) is 10.6 Å². The fourth-order valence-corrected chi connectivity index (χ4v) is 2.70. The average Bonchev–Trinajstić information content (AvgIpc) is 3.40. The molecule has 1 heterocycles. The first-order chi connectivity index (χ1) is 13.5. The molecular weight excluding hydrogens is 404 g/mol. The minimum Gasteiger partial charge on any atom is -0.492 e. The summed E-state index contributed by atoms with van der Waals surface area (Å²) in [5, 5.41) is 0. The van der Waals surface area contributed by atoms with Crippen LogP contribution < -0.4 is 16.0 Å². The van der Waals surface area contributed by atoms with Gasteiger partial charge in [-0.3, -0.25) is 0 Å². The SMILES string of the molecule is C=C(/C(=C\C=C/C)OC(F)(F)F)C1C[C@H]1COc1ccnc(NN)c1C(F)(F)F. The Hall–Kier alpha value is -2.69. The molecule has 1 aliphatic rings. The van der Waals surface area contributed by atoms with E-state index >= 15 is 0 Å². The maximum Gasteiger partial charge on any atom is 0.573 e. The van der Waals surface area contributed by atoms with Crippen molar-refractivity contribution in [2.24, 2.45) is 17.7 Å². The number of hydrogen-bond donors (Lipinski definition) is 2. The quantitative estimate of drug-likeness (QED) is 0.204. The number of hydrogen-bond acceptors (Lipinski definition) is 5. The maximum atomic E-state index is 13.3. The van der Waals surface area contributed by atoms with Gasteiger partial charge < -0.3 is 14.9 Å². The van der Waals surface area contributed by atoms with Crippen molar-refractivity contribution in [3.63, 3.8) is 0 Å². The predicted molar refractivity (Wildman–Crippen MR) is 93.3 cm³/mol. The number of halogens is 6. The van der Waals surface area contributed by atoms with Crippen molar-refractivity contribution in [3.8, 4) is 5.75 Å². The molecule has 11 heteroatoms. The van der Waals surface area contributed by atoms with E-state index in [0.29, 0.717) is 6.42 Å². The summed E-state index contributed by atoms with van der Waals surface area (Å²) in [6, 6.07) is 1.04. The van der Waals surface area contributed by atoms with Crippen LogP contribution in [0.3, 0.4) is 0 Å². The van der Waals surface area contributed by atoms with Crippen molar-refractivity contribution in [3.05, 3.63) is 54.0 Å². The lowest BCUT2D eigenvalue weighted by Crippen LogP contribution is -2.18. The molecule has 29 heavy (non-hydrogen) atoms. The highest BCUT2D eigenvalue weighted by atomic mass is 19.4. The van der Waals surface area contributed by atoms with Crippen LogP contribution in [0.5, 0.6) is 5.75 Å². The highest BCUT2D eigenvalue weighted by molar-refractivity contribution is 5.52. The number of nitrogen functional groups attached to an aromatic ring is 1. The number of nitrogens with two attached hydrogens (primary N) is 1. The van der Waals surface area contributed by atoms with Crippen LogP contribution >= 0.6 is 0 Å². The lowest BCUT2D eigenvalue weighted by molar-refractivity contribution is -0.304. The van der Waals surface area contributed by atoms with Gasteiger partial charge in [-0.1, -0.05) is 18.7 Å². The van der Waals surface area contributed by atoms with Gasteiger partial charge in [-0.15, -0.1) is 13.2 Å². The molecule has 3 N–H and O–H groups in total. The van der Waals surface area contributed by atoms with Gasteiger partial charge in [-0.05, 0) is 37.0 Å². The van der Waals surface area contributed by atoms with E-state index in [-0.39, 0.29) is 18.1 Å². The highest BCUT2D eigenvalue weighted by Gasteiger charge is 2.44. The Balaban J connectivity index is 2.08. The van der Waals surface area contributed by atoms with Gasteiger partial charge in [-0.2, -0.15) is 13.2 Å². The van der Waals surface area contributed by atoms with E-state index in [1.54, 1.807) is 6.92 Å². The summed E-state index contributed by atoms with van der Waals surface area (Å²) in [5.74, 6) is 2.84. The number of ether oxygens (including phenoxy) is 2. The summed E-state index contributed by atoms with van der Waals surface area (Å²) in [6.45, 7) is 5.12. The maximum absolute atomic E-state index is 13.3. The lowest BCUT2D eigenvalue weighted by Gasteiger charge is -2.17. The summed E-state index contributed by atoms with van der Waals surface area (Å²) < 4.78 is 86.8. The van der Waals surface area contributed by atoms with E-state index in [9.17, 15) is 26.3 Å². The van der Waals surface area contributed by atoms with Crippen LogP contribution in [0, 0.1) is 11.8 Å². The summed E-state index contributed by atoms with van der Waals surface area (Å²) in [4.78, 5) is 3.51. The number of allylic oxidation sites excluding steroid dienone is 4. The molecule has 1 fully saturated rings. The van der Waals surface area contributed by atoms with Crippen LogP contribution in [0.25, 0.3) is 0 Å². The highest BCUT2D eigenvalue weighted by Crippen LogP contribution is 2.48. The first kappa shape index (κ1) is 22.6. The Kier molecular flexibility index (Phi) is 6.83. The fourth-order valence-electron chi connectivity index (χ4n) is 2.70. The van der Waals surface area contributed by atoms with Gasteiger partial charge in [0.05, 0.1) is 6.61 Å². The molecule has 0 spiro atoms. The second-order valence-corrected chi connectivity index (χ2v) is 6.22. The van der Waals surface area contributed by atoms with Gasteiger partial charge >= 0.3 is 12.5 Å². The molecule has 0 amide bonds. The van der Waals surface area contributed by atoms with Crippen LogP contribution in [0.1, 0.15) is 18.9 Å². The van der Waals surface area contributed by atoms with Crippen molar-refractivity contribution in [2.45, 2.75) is 25.9 Å². The molecule has 0 saturated heterocycles. The number of rotatable bonds is 8. The molecule has 0 aromatic carbocycles. The topological polar surface area (TPSA) is 69.4 Å². The van der Waals surface area contributed by atoms with Crippen LogP contribution in [0.15, 0.2) is 48.4 Å². The Morgan fingerprint density at radius 3 is 2.59 bits per heavy atom. The zero-order valence-corrected chi connectivity index (χ0v) is 15.3. The molecule has 1 unspecified atom stereocenters. The smallest absolute Gasteiger partial charge is 0.492 e. The number of aromatic nitrogens is 1. The Labute approximate surface area is 162 Å². The van der Waals surface area contributed by atoms with Crippen LogP contribution in [0.2, 0.25) is 0 Å². The minimum absolute atomic E-state index is 0.101. The van der Waals surface area contributed by atoms with Gasteiger partial charge in [0, 0.05) is 12.1 Å². The van der Waals surface area contributed by atoms with E-state index in [1.165, 1.54) is 12.2 Å². The van der Waals surface area contributed by atoms with Gasteiger partial charge in [0.25, 0.3) is 0 Å². The van der Waals surface area contributed by atoms with E-state index in [2.05, 4.69) is 16.3 Å². The molecule has 1 saturated carbocycles. The first-order valence-electron chi connectivity index (χ1n) is 8.41. The molecule has 2 atom stereocenters. The Morgan fingerprint density at radius 1 is 1.34 bits per heavy atom. The van der Waals surface area contributed by atoms with Crippen molar-refractivity contribution < 1.29 is 35.8 Å². The predicted octanol–water partition coefficient (Wildman–Crippen LogP) is 4.95. The van der Waals surface area contributed by atoms with E-state index in [1.807, 2.05) is 5.43 Å². The molecule has 1 aromatic heterocycles. The molecule has 0 radical (unpaired) electrons. The third-order valence-electron chi connectivity index (χ3n) is 4.14. The van der Waals surface area contributed by atoms with E-state index in [0.717, 1.165) is 18.3 Å². The molecule has 0 bridgehead atoms. The minimum atomic E-state index is -4.89. The summed E-state index contributed by atoms with van der Waals surface area (Å²) >= 11 is 0. The largest absolute Gasteiger partial charge is 0.573 e. The standard InChI is InChI=1S/C18H19F6N3O2/c1-3-4-5-13(29-18(22,23)24)10(2)12-8-11(12)9-28-14-6-7-26-16(27-25)15(14)17(19,20)21/h3-7,11-12H,2,8-9,25H2,1H3,(H,26,27)/b4-3-,13-5+/t11-,12?/m0/s1. The second-order valence-electron chi connectivity index (χ2n) is 6.22. The zero-order valence-electron chi connectivity index (χ0n) is 15.3. The van der Waals surface area contributed by atoms with Gasteiger partial charge in [-0.25, -0.2) is 10.8 Å². The van der Waals surface area contributed by atoms with Crippen molar-refractivity contribution in [2.75, 3.05) is 12.0 Å². The van der Waals surface area contributed by atoms with Gasteiger partial charge in [0.2, 0.25) is 0 Å². The number of nitrogens with zero attached hydrogens (tertiary/aromatic N) is 1. The average molecular weight is 423 g/mol. The van der Waals surface area contributed by atoms with Gasteiger partial charge in [0.15, 0.2) is 5.82 Å². The molecule has 0 aliphatic heterocycles. The number of pyridine rings is 1. The molecule has 1 aliphatic carbocycles. The summed E-state index contributed by atoms with van der Waals surface area (Å²) in [7, 11) is 0. The van der Waals surface area contributed by atoms with Gasteiger partial charge in [0.1, 0.15) is 17.1 Å². The number of nitrogens with one attached hydrogen (secondary N) is 1. The first-order valence-corrected chi connectivity index (χ1v) is 8.41. The molecular formula is C18H19F6N3O2. The third kappa shape index (κ3) is 6.14. The Bertz CT molecular complexity index is 802. The molecule has 2 rings (SSSR count). The molecule has 5 nitrogen and oxygen atoms in total. The van der Waals surface area contributed by atoms with Crippen LogP contribution in [-0.4, -0.2) is 18.0 Å². The normalized spacial score (nSPS) is 19.9.